The number of carbonyl (C=O) groups excluding carboxylic acids is 2. The maximum absolute atomic E-state index is 16.3. The molecule has 1 aromatic heterocycles. The van der Waals surface area contributed by atoms with Crippen LogP contribution in [-0.4, -0.2) is 64.6 Å². The number of ether oxygens (including phenoxy) is 2. The SMILES string of the molecule is C[C@@H]1[C@@H]([Si](C)(C)F)[C@H](CCn2cc(CCO)nn2)O[C@@]12C(=O)N(Cc1ccc(N3C(=O)COc4ccccc43)cc1)c1ccc([N+](=O)[O-])cc12. The molecule has 0 saturated carbocycles. The number of hydrogen-bond donors (Lipinski definition) is 1. The third-order valence-corrected chi connectivity index (χ3v) is 12.5. The van der Waals surface area contributed by atoms with E-state index in [-0.39, 0.29) is 31.4 Å². The molecule has 7 rings (SSSR count). The number of fused-ring (bicyclic) bond motifs is 3. The van der Waals surface area contributed by atoms with Crippen molar-refractivity contribution < 1.29 is 33.2 Å². The van der Waals surface area contributed by atoms with Crippen LogP contribution in [0.15, 0.2) is 72.9 Å². The molecule has 3 aliphatic rings. The lowest BCUT2D eigenvalue weighted by molar-refractivity contribution is -0.385. The lowest BCUT2D eigenvalue weighted by Gasteiger charge is -2.31. The van der Waals surface area contributed by atoms with Gasteiger partial charge in [-0.25, -0.2) is 0 Å². The molecule has 3 aliphatic heterocycles. The molecule has 4 heterocycles. The number of amides is 2. The summed E-state index contributed by atoms with van der Waals surface area (Å²) in [5, 5.41) is 29.4. The van der Waals surface area contributed by atoms with Crippen LogP contribution >= 0.6 is 0 Å². The summed E-state index contributed by atoms with van der Waals surface area (Å²) in [4.78, 5) is 42.2. The number of aliphatic hydroxyl groups is 1. The molecule has 0 radical (unpaired) electrons. The molecule has 0 aliphatic carbocycles. The summed E-state index contributed by atoms with van der Waals surface area (Å²) >= 11 is 0. The van der Waals surface area contributed by atoms with Crippen molar-refractivity contribution in [2.45, 2.75) is 63.2 Å². The molecule has 2 amide bonds. The second-order valence-corrected chi connectivity index (χ2v) is 17.3. The van der Waals surface area contributed by atoms with Crippen LogP contribution in [0.5, 0.6) is 5.75 Å². The molecular weight excluding hydrogens is 664 g/mol. The monoisotopic (exact) mass is 700 g/mol. The maximum atomic E-state index is 16.3. The first kappa shape index (κ1) is 33.5. The molecule has 0 bridgehead atoms. The average Bonchev–Trinajstić information content (AvgIpc) is 3.74. The predicted molar refractivity (Wildman–Crippen MR) is 183 cm³/mol. The van der Waals surface area contributed by atoms with Crippen molar-refractivity contribution in [2.75, 3.05) is 23.0 Å². The van der Waals surface area contributed by atoms with Crippen molar-refractivity contribution in [3.05, 3.63) is 99.9 Å². The van der Waals surface area contributed by atoms with Crippen molar-refractivity contribution in [3.8, 4) is 5.75 Å². The largest absolute Gasteiger partial charge is 0.482 e. The second kappa shape index (κ2) is 12.7. The molecular formula is C35H37FN6O7Si. The Labute approximate surface area is 288 Å². The Balaban J connectivity index is 1.21. The number of nitrogens with zero attached hydrogens (tertiary/aromatic N) is 6. The van der Waals surface area contributed by atoms with Crippen molar-refractivity contribution in [2.24, 2.45) is 5.92 Å². The smallest absolute Gasteiger partial charge is 0.269 e. The minimum Gasteiger partial charge on any atom is -0.482 e. The Hall–Kier alpha value is -4.99. The Kier molecular flexibility index (Phi) is 8.52. The van der Waals surface area contributed by atoms with Gasteiger partial charge in [0, 0.05) is 60.6 Å². The number of non-ortho nitro benzene ring substituents is 1. The zero-order valence-electron chi connectivity index (χ0n) is 27.9. The Morgan fingerprint density at radius 1 is 1.10 bits per heavy atom. The maximum Gasteiger partial charge on any atom is 0.269 e. The van der Waals surface area contributed by atoms with Crippen LogP contribution in [-0.2, 0) is 39.4 Å². The van der Waals surface area contributed by atoms with Gasteiger partial charge in [0.15, 0.2) is 12.2 Å². The topological polar surface area (TPSA) is 153 Å². The normalized spacial score (nSPS) is 22.9. The Morgan fingerprint density at radius 2 is 1.86 bits per heavy atom. The molecule has 3 aromatic carbocycles. The van der Waals surface area contributed by atoms with Crippen LogP contribution in [0.25, 0.3) is 0 Å². The van der Waals surface area contributed by atoms with E-state index in [1.54, 1.807) is 58.0 Å². The van der Waals surface area contributed by atoms with E-state index in [1.165, 1.54) is 12.1 Å². The van der Waals surface area contributed by atoms with Crippen molar-refractivity contribution in [1.82, 2.24) is 15.0 Å². The van der Waals surface area contributed by atoms with Crippen molar-refractivity contribution >= 4 is 43.0 Å². The van der Waals surface area contributed by atoms with Gasteiger partial charge in [-0.05, 0) is 55.4 Å². The summed E-state index contributed by atoms with van der Waals surface area (Å²) in [7, 11) is -3.47. The van der Waals surface area contributed by atoms with E-state index in [1.807, 2.05) is 37.3 Å². The van der Waals surface area contributed by atoms with Crippen molar-refractivity contribution in [3.63, 3.8) is 0 Å². The van der Waals surface area contributed by atoms with Gasteiger partial charge in [0.2, 0.25) is 8.41 Å². The highest BCUT2D eigenvalue weighted by Crippen LogP contribution is 2.60. The minimum absolute atomic E-state index is 0.0649. The van der Waals surface area contributed by atoms with Gasteiger partial charge in [0.1, 0.15) is 5.75 Å². The van der Waals surface area contributed by atoms with Crippen LogP contribution in [0, 0.1) is 16.0 Å². The number of benzene rings is 3. The van der Waals surface area contributed by atoms with Gasteiger partial charge in [0.25, 0.3) is 17.5 Å². The molecule has 4 atom stereocenters. The first-order chi connectivity index (χ1) is 23.9. The minimum atomic E-state index is -3.47. The zero-order valence-corrected chi connectivity index (χ0v) is 28.9. The number of nitro benzene ring substituents is 1. The molecule has 0 unspecified atom stereocenters. The van der Waals surface area contributed by atoms with E-state index in [0.717, 1.165) is 5.56 Å². The highest BCUT2D eigenvalue weighted by atomic mass is 28.4. The predicted octanol–water partition coefficient (Wildman–Crippen LogP) is 5.19. The third-order valence-electron chi connectivity index (χ3n) is 9.99. The number of aliphatic hydroxyl groups excluding tert-OH is 1. The highest BCUT2D eigenvalue weighted by molar-refractivity contribution is 6.72. The van der Waals surface area contributed by atoms with E-state index >= 15 is 4.11 Å². The van der Waals surface area contributed by atoms with Crippen LogP contribution in [0.3, 0.4) is 0 Å². The molecule has 260 valence electrons. The second-order valence-electron chi connectivity index (χ2n) is 13.5. The lowest BCUT2D eigenvalue weighted by atomic mass is 9.82. The highest BCUT2D eigenvalue weighted by Gasteiger charge is 2.66. The van der Waals surface area contributed by atoms with Gasteiger partial charge in [0.05, 0.1) is 34.6 Å². The fraction of sp³-hybridized carbons (Fsp3) is 0.371. The van der Waals surface area contributed by atoms with Crippen LogP contribution < -0.4 is 14.5 Å². The molecule has 1 fully saturated rings. The summed E-state index contributed by atoms with van der Waals surface area (Å²) in [6.45, 7) is 5.32. The van der Waals surface area contributed by atoms with E-state index in [0.29, 0.717) is 53.5 Å². The number of rotatable bonds is 10. The fourth-order valence-electron chi connectivity index (χ4n) is 7.83. The number of para-hydroxylation sites is 2. The first-order valence-corrected chi connectivity index (χ1v) is 19.5. The van der Waals surface area contributed by atoms with Crippen LogP contribution in [0.1, 0.15) is 30.2 Å². The molecule has 1 N–H and O–H groups in total. The van der Waals surface area contributed by atoms with E-state index < -0.39 is 42.4 Å². The third kappa shape index (κ3) is 5.64. The van der Waals surface area contributed by atoms with Crippen molar-refractivity contribution in [1.29, 1.82) is 0 Å². The Morgan fingerprint density at radius 3 is 2.58 bits per heavy atom. The summed E-state index contributed by atoms with van der Waals surface area (Å²) < 4.78 is 30.2. The number of aryl methyl sites for hydroxylation is 1. The van der Waals surface area contributed by atoms with Gasteiger partial charge in [-0.1, -0.05) is 36.4 Å². The average molecular weight is 701 g/mol. The van der Waals surface area contributed by atoms with Gasteiger partial charge in [-0.2, -0.15) is 0 Å². The molecule has 13 nitrogen and oxygen atoms in total. The molecule has 1 spiro atoms. The molecule has 1 saturated heterocycles. The van der Waals surface area contributed by atoms with E-state index in [2.05, 4.69) is 10.3 Å². The van der Waals surface area contributed by atoms with E-state index in [4.69, 9.17) is 9.47 Å². The molecule has 15 heteroatoms. The molecule has 50 heavy (non-hydrogen) atoms. The zero-order chi connectivity index (χ0) is 35.4. The Bertz CT molecular complexity index is 1970. The number of anilines is 3. The lowest BCUT2D eigenvalue weighted by Crippen LogP contribution is -2.45. The quantitative estimate of drug-likeness (QED) is 0.102. The fourth-order valence-corrected chi connectivity index (χ4v) is 10.4. The van der Waals surface area contributed by atoms with Gasteiger partial charge < -0.3 is 23.6 Å². The van der Waals surface area contributed by atoms with Gasteiger partial charge in [-0.15, -0.1) is 5.10 Å². The first-order valence-electron chi connectivity index (χ1n) is 16.5. The summed E-state index contributed by atoms with van der Waals surface area (Å²) in [6.07, 6.45) is 1.74. The number of nitro groups is 1. The number of carbonyl (C=O) groups is 2. The van der Waals surface area contributed by atoms with Gasteiger partial charge >= 0.3 is 0 Å². The number of hydrogen-bond acceptors (Lipinski definition) is 9. The van der Waals surface area contributed by atoms with E-state index in [9.17, 15) is 24.8 Å². The van der Waals surface area contributed by atoms with Crippen LogP contribution in [0.2, 0.25) is 18.6 Å². The summed E-state index contributed by atoms with van der Waals surface area (Å²) in [6, 6.07) is 18.9. The van der Waals surface area contributed by atoms with Gasteiger partial charge in [-0.3, -0.25) is 29.3 Å². The standard InChI is InChI=1S/C35H37FN6O7Si/c1-22-33(50(2,3)36)31(14-16-39-20-24(15-17-43)37-38-39)49-35(22)27-18-26(42(46)47)12-13-28(27)40(34(35)45)19-23-8-10-25(11-9-23)41-29-6-4-5-7-30(29)48-21-32(41)44/h4-13,18,20,22,31,33,43H,14-17,19,21H2,1-3H3/t22-,31+,33-,35+/m1/s1. The summed E-state index contributed by atoms with van der Waals surface area (Å²) in [5.41, 5.74) is 1.04. The number of aromatic nitrogens is 3. The van der Waals surface area contributed by atoms with Crippen LogP contribution in [0.4, 0.5) is 26.9 Å². The molecule has 4 aromatic rings. The number of halogens is 1. The summed E-state index contributed by atoms with van der Waals surface area (Å²) in [5.74, 6) is -0.648.